The SMILES string of the molecule is O=[P@](Cl)(Oc1ccccc1)N(CCCl)CCCl. The molecule has 1 aromatic rings. The lowest BCUT2D eigenvalue weighted by Crippen LogP contribution is -2.25. The molecule has 7 heteroatoms. The smallest absolute Gasteiger partial charge is 0.411 e. The van der Waals surface area contributed by atoms with Crippen LogP contribution in [0.2, 0.25) is 0 Å². The molecular formula is C10H13Cl3NO2P. The number of alkyl halides is 2. The van der Waals surface area contributed by atoms with Crippen molar-refractivity contribution < 1.29 is 9.09 Å². The van der Waals surface area contributed by atoms with Crippen LogP contribution in [0, 0.1) is 0 Å². The molecule has 0 fully saturated rings. The Morgan fingerprint density at radius 2 is 1.65 bits per heavy atom. The van der Waals surface area contributed by atoms with Gasteiger partial charge in [0.25, 0.3) is 0 Å². The lowest BCUT2D eigenvalue weighted by atomic mass is 10.3. The molecule has 0 radical (unpaired) electrons. The van der Waals surface area contributed by atoms with Gasteiger partial charge in [0.15, 0.2) is 0 Å². The number of para-hydroxylation sites is 1. The monoisotopic (exact) mass is 315 g/mol. The van der Waals surface area contributed by atoms with Crippen LogP contribution in [0.4, 0.5) is 0 Å². The van der Waals surface area contributed by atoms with Gasteiger partial charge in [0.05, 0.1) is 0 Å². The van der Waals surface area contributed by atoms with Crippen LogP contribution in [0.3, 0.4) is 0 Å². The van der Waals surface area contributed by atoms with Crippen molar-refractivity contribution >= 4 is 41.3 Å². The molecule has 1 atom stereocenters. The number of hydrogen-bond donors (Lipinski definition) is 0. The molecule has 0 saturated heterocycles. The Labute approximate surface area is 116 Å². The molecule has 1 aromatic carbocycles. The molecule has 0 unspecified atom stereocenters. The highest BCUT2D eigenvalue weighted by Crippen LogP contribution is 2.55. The van der Waals surface area contributed by atoms with E-state index in [1.165, 1.54) is 4.67 Å². The Balaban J connectivity index is 2.74. The van der Waals surface area contributed by atoms with E-state index < -0.39 is 6.87 Å². The molecule has 0 aliphatic carbocycles. The van der Waals surface area contributed by atoms with Crippen LogP contribution >= 0.6 is 41.3 Å². The number of halogens is 3. The summed E-state index contributed by atoms with van der Waals surface area (Å²) in [5.41, 5.74) is 0. The highest BCUT2D eigenvalue weighted by atomic mass is 35.7. The molecule has 17 heavy (non-hydrogen) atoms. The van der Waals surface area contributed by atoms with Crippen LogP contribution in [-0.4, -0.2) is 29.5 Å². The quantitative estimate of drug-likeness (QED) is 0.558. The predicted molar refractivity (Wildman–Crippen MR) is 73.5 cm³/mol. The Bertz CT molecular complexity index is 371. The third-order valence-electron chi connectivity index (χ3n) is 1.98. The second kappa shape index (κ2) is 7.50. The largest absolute Gasteiger partial charge is 0.422 e. The summed E-state index contributed by atoms with van der Waals surface area (Å²) >= 11 is 17.2. The van der Waals surface area contributed by atoms with Gasteiger partial charge in [0.1, 0.15) is 5.75 Å². The van der Waals surface area contributed by atoms with Crippen molar-refractivity contribution in [2.24, 2.45) is 0 Å². The van der Waals surface area contributed by atoms with Gasteiger partial charge in [-0.1, -0.05) is 18.2 Å². The van der Waals surface area contributed by atoms with Crippen molar-refractivity contribution in [3.63, 3.8) is 0 Å². The Kier molecular flexibility index (Phi) is 6.68. The van der Waals surface area contributed by atoms with E-state index >= 15 is 0 Å². The average Bonchev–Trinajstić information content (AvgIpc) is 2.29. The third-order valence-corrected chi connectivity index (χ3v) is 4.68. The van der Waals surface area contributed by atoms with E-state index in [0.717, 1.165) is 0 Å². The van der Waals surface area contributed by atoms with E-state index in [9.17, 15) is 4.57 Å². The van der Waals surface area contributed by atoms with E-state index in [2.05, 4.69) is 0 Å². The van der Waals surface area contributed by atoms with E-state index in [0.29, 0.717) is 30.6 Å². The van der Waals surface area contributed by atoms with Gasteiger partial charge < -0.3 is 4.52 Å². The lowest BCUT2D eigenvalue weighted by molar-refractivity contribution is 0.389. The Morgan fingerprint density at radius 1 is 1.12 bits per heavy atom. The van der Waals surface area contributed by atoms with Crippen LogP contribution in [0.5, 0.6) is 5.75 Å². The van der Waals surface area contributed by atoms with Crippen molar-refractivity contribution in [1.82, 2.24) is 4.67 Å². The number of hydrogen-bond acceptors (Lipinski definition) is 2. The first kappa shape index (κ1) is 15.1. The minimum atomic E-state index is -3.42. The molecule has 0 heterocycles. The van der Waals surface area contributed by atoms with Gasteiger partial charge in [0, 0.05) is 36.1 Å². The standard InChI is InChI=1S/C10H13Cl3NO2P/c11-6-8-14(9-7-12)17(13,15)16-10-4-2-1-3-5-10/h1-5H,6-9H2/t17-/m1/s1. The summed E-state index contributed by atoms with van der Waals surface area (Å²) in [6, 6.07) is 8.77. The van der Waals surface area contributed by atoms with E-state index in [1.807, 2.05) is 6.07 Å². The van der Waals surface area contributed by atoms with Gasteiger partial charge in [-0.2, -0.15) is 0 Å². The number of rotatable bonds is 7. The fourth-order valence-electron chi connectivity index (χ4n) is 1.21. The maximum absolute atomic E-state index is 12.2. The van der Waals surface area contributed by atoms with Crippen LogP contribution in [0.15, 0.2) is 30.3 Å². The van der Waals surface area contributed by atoms with Gasteiger partial charge in [-0.15, -0.1) is 23.2 Å². The molecule has 0 amide bonds. The van der Waals surface area contributed by atoms with Crippen molar-refractivity contribution in [3.05, 3.63) is 30.3 Å². The molecule has 0 aliphatic heterocycles. The average molecular weight is 317 g/mol. The Morgan fingerprint density at radius 3 is 2.12 bits per heavy atom. The summed E-state index contributed by atoms with van der Waals surface area (Å²) in [6.07, 6.45) is 0. The summed E-state index contributed by atoms with van der Waals surface area (Å²) in [6.45, 7) is -2.69. The summed E-state index contributed by atoms with van der Waals surface area (Å²) < 4.78 is 19.0. The van der Waals surface area contributed by atoms with E-state index in [1.54, 1.807) is 24.3 Å². The fraction of sp³-hybridized carbons (Fsp3) is 0.400. The summed E-state index contributed by atoms with van der Waals surface area (Å²) in [4.78, 5) is 0. The van der Waals surface area contributed by atoms with Gasteiger partial charge >= 0.3 is 6.87 Å². The minimum Gasteiger partial charge on any atom is -0.422 e. The van der Waals surface area contributed by atoms with Crippen molar-refractivity contribution in [3.8, 4) is 5.75 Å². The zero-order valence-corrected chi connectivity index (χ0v) is 12.2. The molecule has 3 nitrogen and oxygen atoms in total. The second-order valence-corrected chi connectivity index (χ2v) is 6.88. The van der Waals surface area contributed by atoms with Gasteiger partial charge in [0.2, 0.25) is 0 Å². The van der Waals surface area contributed by atoms with Crippen LogP contribution in [-0.2, 0) is 4.57 Å². The fourth-order valence-corrected chi connectivity index (χ4v) is 3.73. The predicted octanol–water partition coefficient (Wildman–Crippen LogP) is 4.19. The normalized spacial score (nSPS) is 14.6. The first-order valence-electron chi connectivity index (χ1n) is 5.02. The summed E-state index contributed by atoms with van der Waals surface area (Å²) in [7, 11) is 0. The van der Waals surface area contributed by atoms with Gasteiger partial charge in [-0.25, -0.2) is 9.24 Å². The molecule has 0 N–H and O–H groups in total. The maximum Gasteiger partial charge on any atom is 0.411 e. The van der Waals surface area contributed by atoms with Gasteiger partial charge in [-0.3, -0.25) is 0 Å². The highest BCUT2D eigenvalue weighted by molar-refractivity contribution is 7.83. The zero-order valence-electron chi connectivity index (χ0n) is 9.06. The van der Waals surface area contributed by atoms with Crippen molar-refractivity contribution in [1.29, 1.82) is 0 Å². The van der Waals surface area contributed by atoms with Crippen LogP contribution in [0.1, 0.15) is 0 Å². The summed E-state index contributed by atoms with van der Waals surface area (Å²) in [5.74, 6) is 1.08. The molecule has 0 aromatic heterocycles. The van der Waals surface area contributed by atoms with Crippen molar-refractivity contribution in [2.45, 2.75) is 0 Å². The third kappa shape index (κ3) is 5.07. The topological polar surface area (TPSA) is 29.5 Å². The minimum absolute atomic E-state index is 0.311. The molecule has 1 rings (SSSR count). The van der Waals surface area contributed by atoms with Crippen molar-refractivity contribution in [2.75, 3.05) is 24.8 Å². The van der Waals surface area contributed by atoms with Gasteiger partial charge in [-0.05, 0) is 12.1 Å². The first-order chi connectivity index (χ1) is 8.10. The van der Waals surface area contributed by atoms with Crippen LogP contribution < -0.4 is 4.52 Å². The number of benzene rings is 1. The lowest BCUT2D eigenvalue weighted by Gasteiger charge is -2.25. The molecule has 96 valence electrons. The van der Waals surface area contributed by atoms with Crippen LogP contribution in [0.25, 0.3) is 0 Å². The number of nitrogens with zero attached hydrogens (tertiary/aromatic N) is 1. The Hall–Kier alpha value is 0.0800. The first-order valence-corrected chi connectivity index (χ1v) is 8.57. The molecular weight excluding hydrogens is 303 g/mol. The molecule has 0 saturated carbocycles. The highest BCUT2D eigenvalue weighted by Gasteiger charge is 2.30. The molecule has 0 aliphatic rings. The summed E-state index contributed by atoms with van der Waals surface area (Å²) in [5, 5.41) is 0. The maximum atomic E-state index is 12.2. The second-order valence-electron chi connectivity index (χ2n) is 3.19. The van der Waals surface area contributed by atoms with E-state index in [-0.39, 0.29) is 0 Å². The molecule has 0 bridgehead atoms. The molecule has 0 spiro atoms. The zero-order chi connectivity index (χ0) is 12.7. The van der Waals surface area contributed by atoms with E-state index in [4.69, 9.17) is 39.0 Å².